The average molecular weight is 385 g/mol. The Kier molecular flexibility index (Phi) is 3.64. The number of para-hydroxylation sites is 1. The number of carbonyl (C=O) groups is 1. The van der Waals surface area contributed by atoms with Crippen molar-refractivity contribution < 1.29 is 14.6 Å². The first-order chi connectivity index (χ1) is 14.2. The van der Waals surface area contributed by atoms with Crippen LogP contribution in [0.2, 0.25) is 0 Å². The number of benzene rings is 2. The molecule has 0 bridgehead atoms. The molecule has 0 fully saturated rings. The molecule has 0 saturated heterocycles. The molecule has 146 valence electrons. The van der Waals surface area contributed by atoms with Crippen molar-refractivity contribution >= 4 is 11.7 Å². The van der Waals surface area contributed by atoms with Gasteiger partial charge in [-0.15, -0.1) is 0 Å². The van der Waals surface area contributed by atoms with Crippen molar-refractivity contribution in [2.45, 2.75) is 24.7 Å². The summed E-state index contributed by atoms with van der Waals surface area (Å²) < 4.78 is 5.59. The number of phenolic OH excluding ortho intramolecular Hbond substituents is 1. The van der Waals surface area contributed by atoms with Gasteiger partial charge in [0.05, 0.1) is 0 Å². The van der Waals surface area contributed by atoms with E-state index in [4.69, 9.17) is 4.74 Å². The minimum atomic E-state index is -0.493. The van der Waals surface area contributed by atoms with Gasteiger partial charge in [0, 0.05) is 36.2 Å². The van der Waals surface area contributed by atoms with E-state index in [2.05, 4.69) is 29.2 Å². The topological polar surface area (TPSA) is 49.8 Å². The molecule has 4 heteroatoms. The third kappa shape index (κ3) is 2.48. The summed E-state index contributed by atoms with van der Waals surface area (Å²) in [6, 6.07) is 10.9. The molecule has 2 heterocycles. The number of anilines is 1. The molecule has 0 saturated carbocycles. The Morgan fingerprint density at radius 1 is 1.00 bits per heavy atom. The van der Waals surface area contributed by atoms with E-state index in [1.54, 1.807) is 12.1 Å². The monoisotopic (exact) mass is 385 g/mol. The van der Waals surface area contributed by atoms with E-state index in [0.717, 1.165) is 37.2 Å². The van der Waals surface area contributed by atoms with E-state index in [1.807, 2.05) is 24.3 Å². The number of aromatic hydroxyl groups is 1. The summed E-state index contributed by atoms with van der Waals surface area (Å²) in [6.45, 7) is 2.04. The van der Waals surface area contributed by atoms with Crippen molar-refractivity contribution in [3.05, 3.63) is 77.4 Å². The van der Waals surface area contributed by atoms with Crippen LogP contribution in [0.15, 0.2) is 60.7 Å². The maximum absolute atomic E-state index is 13.0. The van der Waals surface area contributed by atoms with Crippen molar-refractivity contribution in [2.75, 3.05) is 18.0 Å². The van der Waals surface area contributed by atoms with Gasteiger partial charge < -0.3 is 14.7 Å². The molecule has 2 aromatic carbocycles. The first-order valence-electron chi connectivity index (χ1n) is 10.5. The molecule has 0 unspecified atom stereocenters. The molecular weight excluding hydrogens is 362 g/mol. The van der Waals surface area contributed by atoms with Gasteiger partial charge in [-0.1, -0.05) is 42.5 Å². The maximum atomic E-state index is 13.0. The summed E-state index contributed by atoms with van der Waals surface area (Å²) in [4.78, 5) is 15.5. The third-order valence-electron chi connectivity index (χ3n) is 7.01. The maximum Gasteiger partial charge on any atom is 0.347 e. The van der Waals surface area contributed by atoms with Crippen LogP contribution in [0.25, 0.3) is 0 Å². The van der Waals surface area contributed by atoms with E-state index in [1.165, 1.54) is 5.56 Å². The average Bonchev–Trinajstić information content (AvgIpc) is 3.39. The Labute approximate surface area is 170 Å². The van der Waals surface area contributed by atoms with Crippen molar-refractivity contribution in [3.63, 3.8) is 0 Å². The highest BCUT2D eigenvalue weighted by Gasteiger charge is 2.44. The molecule has 0 aromatic heterocycles. The molecule has 6 rings (SSSR count). The summed E-state index contributed by atoms with van der Waals surface area (Å²) in [6.07, 6.45) is 11.1. The van der Waals surface area contributed by atoms with Gasteiger partial charge in [-0.2, -0.15) is 0 Å². The van der Waals surface area contributed by atoms with Gasteiger partial charge in [-0.25, -0.2) is 4.79 Å². The van der Waals surface area contributed by atoms with E-state index < -0.39 is 5.97 Å². The molecule has 2 aliphatic heterocycles. The van der Waals surface area contributed by atoms with Crippen LogP contribution >= 0.6 is 0 Å². The highest BCUT2D eigenvalue weighted by Crippen LogP contribution is 2.56. The van der Waals surface area contributed by atoms with Crippen molar-refractivity contribution in [2.24, 2.45) is 11.8 Å². The number of fused-ring (bicyclic) bond motifs is 4. The van der Waals surface area contributed by atoms with Crippen LogP contribution < -0.4 is 9.64 Å². The number of allylic oxidation sites excluding steroid dienone is 4. The number of hydrogen-bond donors (Lipinski definition) is 1. The van der Waals surface area contributed by atoms with Crippen LogP contribution in [0.4, 0.5) is 5.69 Å². The molecule has 1 N–H and O–H groups in total. The summed E-state index contributed by atoms with van der Waals surface area (Å²) in [5, 5.41) is 11.3. The Bertz CT molecular complexity index is 1050. The van der Waals surface area contributed by atoms with E-state index in [9.17, 15) is 9.90 Å². The molecule has 4 nitrogen and oxygen atoms in total. The Morgan fingerprint density at radius 2 is 1.69 bits per heavy atom. The SMILES string of the molecule is O=C(Oc1ccccc1)c1cc2c3c(c1O)[C@@H]1C=CC[C@@H]1CN3C[C@@H]1CC=C[C@@H]21. The number of carbonyl (C=O) groups excluding carboxylic acids is 1. The number of hydrogen-bond acceptors (Lipinski definition) is 4. The van der Waals surface area contributed by atoms with E-state index in [-0.39, 0.29) is 17.2 Å². The van der Waals surface area contributed by atoms with Gasteiger partial charge in [-0.05, 0) is 48.4 Å². The highest BCUT2D eigenvalue weighted by molar-refractivity contribution is 5.96. The van der Waals surface area contributed by atoms with E-state index >= 15 is 0 Å². The van der Waals surface area contributed by atoms with Gasteiger partial charge in [0.25, 0.3) is 0 Å². The van der Waals surface area contributed by atoms with Crippen LogP contribution in [0.3, 0.4) is 0 Å². The van der Waals surface area contributed by atoms with Crippen LogP contribution in [-0.2, 0) is 0 Å². The predicted molar refractivity (Wildman–Crippen MR) is 112 cm³/mol. The molecule has 4 atom stereocenters. The second-order valence-corrected chi connectivity index (χ2v) is 8.63. The summed E-state index contributed by atoms with van der Waals surface area (Å²) in [5.41, 5.74) is 3.52. The first-order valence-corrected chi connectivity index (χ1v) is 10.5. The fourth-order valence-electron chi connectivity index (χ4n) is 5.73. The normalized spacial score (nSPS) is 28.1. The van der Waals surface area contributed by atoms with Gasteiger partial charge in [0.2, 0.25) is 0 Å². The van der Waals surface area contributed by atoms with Gasteiger partial charge in [-0.3, -0.25) is 0 Å². The molecule has 0 spiro atoms. The van der Waals surface area contributed by atoms with Crippen LogP contribution in [0.5, 0.6) is 11.5 Å². The molecule has 4 aliphatic rings. The molecule has 0 amide bonds. The van der Waals surface area contributed by atoms with Crippen molar-refractivity contribution in [1.29, 1.82) is 0 Å². The van der Waals surface area contributed by atoms with Crippen molar-refractivity contribution in [3.8, 4) is 11.5 Å². The van der Waals surface area contributed by atoms with Crippen LogP contribution in [-0.4, -0.2) is 24.2 Å². The second-order valence-electron chi connectivity index (χ2n) is 8.63. The van der Waals surface area contributed by atoms with Gasteiger partial charge >= 0.3 is 5.97 Å². The molecule has 29 heavy (non-hydrogen) atoms. The second kappa shape index (κ2) is 6.24. The predicted octanol–water partition coefficient (Wildman–Crippen LogP) is 4.76. The number of nitrogens with zero attached hydrogens (tertiary/aromatic N) is 1. The lowest BCUT2D eigenvalue weighted by Crippen LogP contribution is -2.44. The smallest absolute Gasteiger partial charge is 0.347 e. The summed E-state index contributed by atoms with van der Waals surface area (Å²) >= 11 is 0. The number of phenols is 1. The standard InChI is InChI=1S/C25H23NO3/c27-24-21(25(28)29-17-8-2-1-3-9-17)12-20-18-10-4-6-15(18)13-26-14-16-7-5-11-19(16)22(24)23(20)26/h1-5,8-12,15-16,18-19,27H,6-7,13-14H2/t15-,16+,18+,19+/m0/s1. The third-order valence-corrected chi connectivity index (χ3v) is 7.01. The zero-order valence-corrected chi connectivity index (χ0v) is 16.1. The molecule has 2 aromatic rings. The molecule has 2 aliphatic carbocycles. The largest absolute Gasteiger partial charge is 0.507 e. The zero-order chi connectivity index (χ0) is 19.5. The Balaban J connectivity index is 1.51. The van der Waals surface area contributed by atoms with E-state index in [0.29, 0.717) is 23.5 Å². The number of rotatable bonds is 2. The number of ether oxygens (including phenoxy) is 1. The quantitative estimate of drug-likeness (QED) is 0.460. The fraction of sp³-hybridized carbons (Fsp3) is 0.320. The Morgan fingerprint density at radius 3 is 2.45 bits per heavy atom. The lowest BCUT2D eigenvalue weighted by molar-refractivity contribution is 0.0731. The van der Waals surface area contributed by atoms with Crippen LogP contribution in [0, 0.1) is 11.8 Å². The van der Waals surface area contributed by atoms with Crippen LogP contribution in [0.1, 0.15) is 46.2 Å². The van der Waals surface area contributed by atoms with Crippen molar-refractivity contribution in [1.82, 2.24) is 0 Å². The summed E-state index contributed by atoms with van der Waals surface area (Å²) in [7, 11) is 0. The first kappa shape index (κ1) is 16.9. The summed E-state index contributed by atoms with van der Waals surface area (Å²) in [5.74, 6) is 1.58. The molecule has 0 radical (unpaired) electrons. The fourth-order valence-corrected chi connectivity index (χ4v) is 5.73. The van der Waals surface area contributed by atoms with Gasteiger partial charge in [0.15, 0.2) is 0 Å². The lowest BCUT2D eigenvalue weighted by atomic mass is 9.74. The minimum Gasteiger partial charge on any atom is -0.507 e. The lowest BCUT2D eigenvalue weighted by Gasteiger charge is -2.46. The highest BCUT2D eigenvalue weighted by atomic mass is 16.5. The number of esters is 1. The van der Waals surface area contributed by atoms with Gasteiger partial charge in [0.1, 0.15) is 17.1 Å². The molecular formula is C25H23NO3. The zero-order valence-electron chi connectivity index (χ0n) is 16.1. The Hall–Kier alpha value is -3.01. The minimum absolute atomic E-state index is 0.0938.